The fourth-order valence-corrected chi connectivity index (χ4v) is 3.84. The highest BCUT2D eigenvalue weighted by molar-refractivity contribution is 5.78. The Hall–Kier alpha value is -4.52. The minimum Gasteiger partial charge on any atom is -0.493 e. The lowest BCUT2D eigenvalue weighted by atomic mass is 10.1. The molecule has 0 amide bonds. The van der Waals surface area contributed by atoms with Crippen LogP contribution in [0.25, 0.3) is 16.8 Å². The molecule has 34 heavy (non-hydrogen) atoms. The maximum Gasteiger partial charge on any atom is 0.165 e. The van der Waals surface area contributed by atoms with Crippen LogP contribution in [0.4, 0.5) is 11.5 Å². The molecule has 170 valence electrons. The second-order valence-corrected chi connectivity index (χ2v) is 7.73. The van der Waals surface area contributed by atoms with Crippen LogP contribution in [0.3, 0.4) is 0 Å². The fraction of sp³-hybridized carbons (Fsp3) is 0.111. The standard InChI is InChI=1S/C27H24N4O3/c1-18-15-20(16-24(32-2)26(18)33-3)29-25-13-14-31-27(30-25)23(17-28-31)19-9-11-22(12-10-19)34-21-7-5-4-6-8-21/h4-17H,1-3H3,(H,29,30). The average molecular weight is 453 g/mol. The number of nitrogens with one attached hydrogen (secondary N) is 1. The third kappa shape index (κ3) is 4.23. The third-order valence-electron chi connectivity index (χ3n) is 5.45. The molecule has 5 aromatic rings. The lowest BCUT2D eigenvalue weighted by Crippen LogP contribution is -1.99. The molecular formula is C27H24N4O3. The minimum atomic E-state index is 0.661. The first kappa shape index (κ1) is 21.3. The van der Waals surface area contributed by atoms with Gasteiger partial charge in [-0.1, -0.05) is 30.3 Å². The smallest absolute Gasteiger partial charge is 0.165 e. The number of benzene rings is 3. The van der Waals surface area contributed by atoms with Gasteiger partial charge in [0, 0.05) is 23.5 Å². The molecule has 1 N–H and O–H groups in total. The van der Waals surface area contributed by atoms with Gasteiger partial charge in [-0.25, -0.2) is 9.50 Å². The first-order chi connectivity index (χ1) is 16.6. The summed E-state index contributed by atoms with van der Waals surface area (Å²) in [6.07, 6.45) is 3.70. The second kappa shape index (κ2) is 9.15. The highest BCUT2D eigenvalue weighted by atomic mass is 16.5. The number of para-hydroxylation sites is 1. The predicted octanol–water partition coefficient (Wildman–Crippen LogP) is 6.26. The molecule has 5 rings (SSSR count). The molecule has 7 nitrogen and oxygen atoms in total. The highest BCUT2D eigenvalue weighted by Crippen LogP contribution is 2.35. The summed E-state index contributed by atoms with van der Waals surface area (Å²) in [5.74, 6) is 3.65. The number of methoxy groups -OCH3 is 2. The molecule has 0 saturated carbocycles. The van der Waals surface area contributed by atoms with Gasteiger partial charge in [0.2, 0.25) is 0 Å². The SMILES string of the molecule is COc1cc(Nc2ccn3ncc(-c4ccc(Oc5ccccc5)cc4)c3n2)cc(C)c1OC. The van der Waals surface area contributed by atoms with E-state index in [1.54, 1.807) is 18.7 Å². The summed E-state index contributed by atoms with van der Waals surface area (Å²) in [4.78, 5) is 4.81. The van der Waals surface area contributed by atoms with Crippen LogP contribution in [-0.2, 0) is 0 Å². The van der Waals surface area contributed by atoms with Crippen molar-refractivity contribution in [1.82, 2.24) is 14.6 Å². The Kier molecular flexibility index (Phi) is 5.74. The molecule has 0 atom stereocenters. The molecule has 0 aliphatic carbocycles. The van der Waals surface area contributed by atoms with E-state index in [0.717, 1.165) is 39.5 Å². The lowest BCUT2D eigenvalue weighted by Gasteiger charge is -2.14. The van der Waals surface area contributed by atoms with Crippen molar-refractivity contribution in [3.05, 3.63) is 90.8 Å². The third-order valence-corrected chi connectivity index (χ3v) is 5.45. The van der Waals surface area contributed by atoms with Crippen LogP contribution in [0.15, 0.2) is 85.2 Å². The molecule has 0 radical (unpaired) electrons. The Balaban J connectivity index is 1.42. The van der Waals surface area contributed by atoms with Crippen molar-refractivity contribution >= 4 is 17.2 Å². The molecule has 0 spiro atoms. The van der Waals surface area contributed by atoms with Crippen molar-refractivity contribution in [2.45, 2.75) is 6.92 Å². The number of anilines is 2. The van der Waals surface area contributed by atoms with E-state index in [4.69, 9.17) is 19.2 Å². The quantitative estimate of drug-likeness (QED) is 0.314. The Morgan fingerprint density at radius 2 is 1.62 bits per heavy atom. The van der Waals surface area contributed by atoms with E-state index in [0.29, 0.717) is 17.3 Å². The fourth-order valence-electron chi connectivity index (χ4n) is 3.84. The zero-order valence-electron chi connectivity index (χ0n) is 19.1. The van der Waals surface area contributed by atoms with Gasteiger partial charge in [-0.3, -0.25) is 0 Å². The molecule has 0 saturated heterocycles. The summed E-state index contributed by atoms with van der Waals surface area (Å²) in [5, 5.41) is 7.82. The largest absolute Gasteiger partial charge is 0.493 e. The van der Waals surface area contributed by atoms with Gasteiger partial charge >= 0.3 is 0 Å². The van der Waals surface area contributed by atoms with E-state index in [1.165, 1.54) is 0 Å². The number of aromatic nitrogens is 3. The molecule has 3 aromatic carbocycles. The topological polar surface area (TPSA) is 69.9 Å². The number of aryl methyl sites for hydroxylation is 1. The maximum absolute atomic E-state index is 5.90. The molecule has 0 aliphatic rings. The molecular weight excluding hydrogens is 428 g/mol. The van der Waals surface area contributed by atoms with Crippen LogP contribution in [0.1, 0.15) is 5.56 Å². The van der Waals surface area contributed by atoms with Crippen LogP contribution in [-0.4, -0.2) is 28.8 Å². The van der Waals surface area contributed by atoms with Crippen molar-refractivity contribution in [2.75, 3.05) is 19.5 Å². The van der Waals surface area contributed by atoms with Gasteiger partial charge in [-0.05, 0) is 54.4 Å². The zero-order chi connectivity index (χ0) is 23.5. The molecule has 0 fully saturated rings. The molecule has 0 aliphatic heterocycles. The predicted molar refractivity (Wildman–Crippen MR) is 133 cm³/mol. The van der Waals surface area contributed by atoms with Gasteiger partial charge in [0.15, 0.2) is 17.1 Å². The van der Waals surface area contributed by atoms with E-state index in [2.05, 4.69) is 10.4 Å². The number of ether oxygens (including phenoxy) is 3. The number of hydrogen-bond donors (Lipinski definition) is 1. The summed E-state index contributed by atoms with van der Waals surface area (Å²) < 4.78 is 18.6. The zero-order valence-corrected chi connectivity index (χ0v) is 19.1. The molecule has 2 heterocycles. The maximum atomic E-state index is 5.90. The van der Waals surface area contributed by atoms with Gasteiger partial charge < -0.3 is 19.5 Å². The summed E-state index contributed by atoms with van der Waals surface area (Å²) in [6, 6.07) is 23.4. The first-order valence-electron chi connectivity index (χ1n) is 10.8. The van der Waals surface area contributed by atoms with Crippen molar-refractivity contribution in [3.63, 3.8) is 0 Å². The number of fused-ring (bicyclic) bond motifs is 1. The molecule has 2 aromatic heterocycles. The van der Waals surface area contributed by atoms with Crippen molar-refractivity contribution < 1.29 is 14.2 Å². The van der Waals surface area contributed by atoms with Gasteiger partial charge in [0.05, 0.1) is 20.4 Å². The van der Waals surface area contributed by atoms with Crippen LogP contribution < -0.4 is 19.5 Å². The van der Waals surface area contributed by atoms with Gasteiger partial charge in [-0.15, -0.1) is 0 Å². The summed E-state index contributed by atoms with van der Waals surface area (Å²) in [7, 11) is 3.26. The van der Waals surface area contributed by atoms with Crippen LogP contribution in [0.5, 0.6) is 23.0 Å². The van der Waals surface area contributed by atoms with Crippen molar-refractivity contribution in [2.24, 2.45) is 0 Å². The summed E-state index contributed by atoms with van der Waals surface area (Å²) in [6.45, 7) is 1.98. The monoisotopic (exact) mass is 452 g/mol. The van der Waals surface area contributed by atoms with E-state index in [9.17, 15) is 0 Å². The summed E-state index contributed by atoms with van der Waals surface area (Å²) in [5.41, 5.74) is 4.50. The summed E-state index contributed by atoms with van der Waals surface area (Å²) >= 11 is 0. The Labute approximate surface area is 197 Å². The van der Waals surface area contributed by atoms with Crippen LogP contribution >= 0.6 is 0 Å². The number of rotatable bonds is 7. The molecule has 0 unspecified atom stereocenters. The lowest BCUT2D eigenvalue weighted by molar-refractivity contribution is 0.353. The highest BCUT2D eigenvalue weighted by Gasteiger charge is 2.12. The van der Waals surface area contributed by atoms with E-state index >= 15 is 0 Å². The van der Waals surface area contributed by atoms with Gasteiger partial charge in [0.1, 0.15) is 17.3 Å². The Bertz CT molecular complexity index is 1430. The van der Waals surface area contributed by atoms with Crippen molar-refractivity contribution in [3.8, 4) is 34.1 Å². The molecule has 7 heteroatoms. The normalized spacial score (nSPS) is 10.8. The first-order valence-corrected chi connectivity index (χ1v) is 10.8. The van der Waals surface area contributed by atoms with Gasteiger partial charge in [-0.2, -0.15) is 5.10 Å². The molecule has 0 bridgehead atoms. The van der Waals surface area contributed by atoms with E-state index in [-0.39, 0.29) is 0 Å². The van der Waals surface area contributed by atoms with Gasteiger partial charge in [0.25, 0.3) is 0 Å². The second-order valence-electron chi connectivity index (χ2n) is 7.73. The van der Waals surface area contributed by atoms with Crippen LogP contribution in [0, 0.1) is 6.92 Å². The van der Waals surface area contributed by atoms with E-state index in [1.807, 2.05) is 92.1 Å². The average Bonchev–Trinajstić information content (AvgIpc) is 3.28. The Morgan fingerprint density at radius 3 is 2.35 bits per heavy atom. The van der Waals surface area contributed by atoms with Crippen LogP contribution in [0.2, 0.25) is 0 Å². The van der Waals surface area contributed by atoms with E-state index < -0.39 is 0 Å². The number of nitrogens with zero attached hydrogens (tertiary/aromatic N) is 3. The Morgan fingerprint density at radius 1 is 0.853 bits per heavy atom. The van der Waals surface area contributed by atoms with Crippen molar-refractivity contribution in [1.29, 1.82) is 0 Å². The number of hydrogen-bond acceptors (Lipinski definition) is 6. The minimum absolute atomic E-state index is 0.661.